The smallest absolute Gasteiger partial charge is 0.254 e. The summed E-state index contributed by atoms with van der Waals surface area (Å²) in [5, 5.41) is 3.24. The summed E-state index contributed by atoms with van der Waals surface area (Å²) in [6, 6.07) is 21.3. The van der Waals surface area contributed by atoms with Crippen molar-refractivity contribution in [1.29, 1.82) is 0 Å². The first-order chi connectivity index (χ1) is 13.7. The molecule has 3 aromatic rings. The van der Waals surface area contributed by atoms with Gasteiger partial charge in [0.1, 0.15) is 18.2 Å². The summed E-state index contributed by atoms with van der Waals surface area (Å²) in [5.74, 6) is 1.45. The number of amides is 1. The molecule has 0 aliphatic heterocycles. The van der Waals surface area contributed by atoms with Gasteiger partial charge in [0.15, 0.2) is 0 Å². The number of aromatic nitrogens is 1. The van der Waals surface area contributed by atoms with Crippen molar-refractivity contribution in [2.75, 3.05) is 18.4 Å². The fourth-order valence-electron chi connectivity index (χ4n) is 2.85. The van der Waals surface area contributed by atoms with Gasteiger partial charge in [-0.25, -0.2) is 4.98 Å². The van der Waals surface area contributed by atoms with Gasteiger partial charge in [0, 0.05) is 30.5 Å². The van der Waals surface area contributed by atoms with E-state index >= 15 is 0 Å². The summed E-state index contributed by atoms with van der Waals surface area (Å²) in [6.45, 7) is 5.85. The van der Waals surface area contributed by atoms with Gasteiger partial charge >= 0.3 is 0 Å². The molecule has 1 heterocycles. The van der Waals surface area contributed by atoms with Crippen molar-refractivity contribution >= 4 is 17.4 Å². The van der Waals surface area contributed by atoms with Gasteiger partial charge in [-0.1, -0.05) is 30.3 Å². The first-order valence-electron chi connectivity index (χ1n) is 9.48. The lowest BCUT2D eigenvalue weighted by Gasteiger charge is -2.18. The minimum atomic E-state index is 0.0140. The zero-order valence-electron chi connectivity index (χ0n) is 16.3. The summed E-state index contributed by atoms with van der Waals surface area (Å²) in [6.07, 6.45) is 1.65. The van der Waals surface area contributed by atoms with Crippen molar-refractivity contribution in [3.05, 3.63) is 84.1 Å². The number of benzene rings is 2. The van der Waals surface area contributed by atoms with Crippen molar-refractivity contribution in [3.63, 3.8) is 0 Å². The summed E-state index contributed by atoms with van der Waals surface area (Å²) < 4.78 is 5.81. The molecular weight excluding hydrogens is 350 g/mol. The Bertz CT molecular complexity index is 891. The van der Waals surface area contributed by atoms with Crippen LogP contribution < -0.4 is 10.1 Å². The Morgan fingerprint density at radius 2 is 1.71 bits per heavy atom. The van der Waals surface area contributed by atoms with Crippen LogP contribution in [-0.2, 0) is 6.61 Å². The Kier molecular flexibility index (Phi) is 6.63. The summed E-state index contributed by atoms with van der Waals surface area (Å²) in [7, 11) is 0. The Hall–Kier alpha value is -3.34. The topological polar surface area (TPSA) is 54.5 Å². The molecule has 0 saturated carbocycles. The molecule has 5 nitrogen and oxygen atoms in total. The molecule has 1 aromatic heterocycles. The summed E-state index contributed by atoms with van der Waals surface area (Å²) >= 11 is 0. The number of carbonyl (C=O) groups excluding carboxylic acids is 1. The van der Waals surface area contributed by atoms with Crippen molar-refractivity contribution in [2.24, 2.45) is 0 Å². The minimum absolute atomic E-state index is 0.0140. The molecule has 1 N–H and O–H groups in total. The average Bonchev–Trinajstić information content (AvgIpc) is 2.75. The highest BCUT2D eigenvalue weighted by atomic mass is 16.5. The number of anilines is 2. The van der Waals surface area contributed by atoms with Crippen molar-refractivity contribution in [3.8, 4) is 5.75 Å². The van der Waals surface area contributed by atoms with Crippen LogP contribution >= 0.6 is 0 Å². The molecule has 0 aliphatic carbocycles. The van der Waals surface area contributed by atoms with E-state index in [9.17, 15) is 4.79 Å². The number of ether oxygens (including phenoxy) is 1. The molecule has 0 spiro atoms. The van der Waals surface area contributed by atoms with E-state index in [0.717, 1.165) is 17.0 Å². The zero-order valence-corrected chi connectivity index (χ0v) is 16.3. The van der Waals surface area contributed by atoms with Crippen LogP contribution in [-0.4, -0.2) is 28.9 Å². The van der Waals surface area contributed by atoms with Gasteiger partial charge < -0.3 is 15.0 Å². The molecule has 0 unspecified atom stereocenters. The van der Waals surface area contributed by atoms with E-state index in [1.54, 1.807) is 23.2 Å². The fourth-order valence-corrected chi connectivity index (χ4v) is 2.85. The lowest BCUT2D eigenvalue weighted by molar-refractivity contribution is 0.0773. The van der Waals surface area contributed by atoms with Crippen LogP contribution in [0.15, 0.2) is 72.9 Å². The Morgan fingerprint density at radius 1 is 1.00 bits per heavy atom. The monoisotopic (exact) mass is 375 g/mol. The van der Waals surface area contributed by atoms with Gasteiger partial charge in [0.05, 0.1) is 0 Å². The maximum absolute atomic E-state index is 12.5. The Morgan fingerprint density at radius 3 is 2.39 bits per heavy atom. The number of rotatable bonds is 8. The molecule has 1 amide bonds. The average molecular weight is 375 g/mol. The lowest BCUT2D eigenvalue weighted by Crippen LogP contribution is -2.30. The van der Waals surface area contributed by atoms with Crippen LogP contribution in [0.2, 0.25) is 0 Å². The van der Waals surface area contributed by atoms with Crippen LogP contribution in [0.5, 0.6) is 5.75 Å². The molecule has 0 atom stereocenters. The Balaban J connectivity index is 1.62. The first kappa shape index (κ1) is 19.4. The molecule has 3 rings (SSSR count). The second-order valence-electron chi connectivity index (χ2n) is 6.33. The number of nitrogens with zero attached hydrogens (tertiary/aromatic N) is 2. The standard InChI is InChI=1S/C23H25N3O2/c1-3-26(4-2)23(27)19-14-15-24-22(16-19)25-20-10-12-21(13-11-20)28-17-18-8-6-5-7-9-18/h5-16H,3-4,17H2,1-2H3,(H,24,25). The predicted octanol–water partition coefficient (Wildman–Crippen LogP) is 4.89. The second-order valence-corrected chi connectivity index (χ2v) is 6.33. The van der Waals surface area contributed by atoms with E-state index in [-0.39, 0.29) is 5.91 Å². The highest BCUT2D eigenvalue weighted by Crippen LogP contribution is 2.20. The number of hydrogen-bond donors (Lipinski definition) is 1. The van der Waals surface area contributed by atoms with Crippen LogP contribution in [0.3, 0.4) is 0 Å². The highest BCUT2D eigenvalue weighted by Gasteiger charge is 2.13. The van der Waals surface area contributed by atoms with E-state index in [4.69, 9.17) is 4.74 Å². The molecule has 2 aromatic carbocycles. The summed E-state index contributed by atoms with van der Waals surface area (Å²) in [4.78, 5) is 18.6. The van der Waals surface area contributed by atoms with E-state index in [0.29, 0.717) is 31.1 Å². The van der Waals surface area contributed by atoms with Gasteiger partial charge in [-0.15, -0.1) is 0 Å². The number of carbonyl (C=O) groups is 1. The van der Waals surface area contributed by atoms with Gasteiger partial charge in [-0.2, -0.15) is 0 Å². The quantitative estimate of drug-likeness (QED) is 0.609. The molecule has 0 radical (unpaired) electrons. The van der Waals surface area contributed by atoms with Gasteiger partial charge in [0.25, 0.3) is 5.91 Å². The van der Waals surface area contributed by atoms with E-state index < -0.39 is 0 Å². The zero-order chi connectivity index (χ0) is 19.8. The molecule has 28 heavy (non-hydrogen) atoms. The Labute approximate surface area is 166 Å². The molecular formula is C23H25N3O2. The van der Waals surface area contributed by atoms with Crippen LogP contribution in [0.1, 0.15) is 29.8 Å². The van der Waals surface area contributed by atoms with Crippen molar-refractivity contribution in [2.45, 2.75) is 20.5 Å². The maximum atomic E-state index is 12.5. The third-order valence-electron chi connectivity index (χ3n) is 4.43. The second kappa shape index (κ2) is 9.55. The third-order valence-corrected chi connectivity index (χ3v) is 4.43. The first-order valence-corrected chi connectivity index (χ1v) is 9.48. The maximum Gasteiger partial charge on any atom is 0.254 e. The predicted molar refractivity (Wildman–Crippen MR) is 112 cm³/mol. The number of nitrogens with one attached hydrogen (secondary N) is 1. The largest absolute Gasteiger partial charge is 0.489 e. The SMILES string of the molecule is CCN(CC)C(=O)c1ccnc(Nc2ccc(OCc3ccccc3)cc2)c1. The summed E-state index contributed by atoms with van der Waals surface area (Å²) in [5.41, 5.74) is 2.64. The van der Waals surface area contributed by atoms with Crippen LogP contribution in [0.25, 0.3) is 0 Å². The van der Waals surface area contributed by atoms with E-state index in [1.807, 2.05) is 68.4 Å². The third kappa shape index (κ3) is 5.10. The lowest BCUT2D eigenvalue weighted by atomic mass is 10.2. The van der Waals surface area contributed by atoms with Crippen molar-refractivity contribution in [1.82, 2.24) is 9.88 Å². The van der Waals surface area contributed by atoms with E-state index in [2.05, 4.69) is 10.3 Å². The number of pyridine rings is 1. The molecule has 144 valence electrons. The van der Waals surface area contributed by atoms with Crippen molar-refractivity contribution < 1.29 is 9.53 Å². The van der Waals surface area contributed by atoms with Gasteiger partial charge in [0.2, 0.25) is 0 Å². The van der Waals surface area contributed by atoms with Crippen LogP contribution in [0.4, 0.5) is 11.5 Å². The minimum Gasteiger partial charge on any atom is -0.489 e. The highest BCUT2D eigenvalue weighted by molar-refractivity contribution is 5.94. The number of hydrogen-bond acceptors (Lipinski definition) is 4. The fraction of sp³-hybridized carbons (Fsp3) is 0.217. The van der Waals surface area contributed by atoms with Gasteiger partial charge in [-0.05, 0) is 55.8 Å². The molecule has 0 bridgehead atoms. The molecule has 0 saturated heterocycles. The van der Waals surface area contributed by atoms with E-state index in [1.165, 1.54) is 0 Å². The normalized spacial score (nSPS) is 10.4. The molecule has 0 aliphatic rings. The van der Waals surface area contributed by atoms with Gasteiger partial charge in [-0.3, -0.25) is 4.79 Å². The molecule has 5 heteroatoms. The molecule has 0 fully saturated rings. The van der Waals surface area contributed by atoms with Crippen LogP contribution in [0, 0.1) is 0 Å².